The Labute approximate surface area is 124 Å². The molecule has 0 aliphatic rings. The number of anilines is 1. The highest BCUT2D eigenvalue weighted by molar-refractivity contribution is 5.94. The lowest BCUT2D eigenvalue weighted by atomic mass is 10.2. The van der Waals surface area contributed by atoms with Crippen LogP contribution in [-0.2, 0) is 9.53 Å². The highest BCUT2D eigenvalue weighted by atomic mass is 35.5. The SMILES string of the molecule is COCC(N)C(=O)Nc1ccc(OC(C)C)cc1F.Cl. The number of benzene rings is 1. The molecule has 0 aromatic heterocycles. The van der Waals surface area contributed by atoms with Gasteiger partial charge in [0.25, 0.3) is 0 Å². The van der Waals surface area contributed by atoms with Gasteiger partial charge in [-0.3, -0.25) is 4.79 Å². The maximum atomic E-state index is 13.7. The number of carbonyl (C=O) groups excluding carboxylic acids is 1. The summed E-state index contributed by atoms with van der Waals surface area (Å²) in [5.74, 6) is -0.666. The Morgan fingerprint density at radius 3 is 2.60 bits per heavy atom. The van der Waals surface area contributed by atoms with Gasteiger partial charge < -0.3 is 20.5 Å². The first-order chi connectivity index (χ1) is 8.93. The van der Waals surface area contributed by atoms with Crippen LogP contribution in [0.25, 0.3) is 0 Å². The predicted octanol–water partition coefficient (Wildman–Crippen LogP) is 1.95. The van der Waals surface area contributed by atoms with Crippen molar-refractivity contribution < 1.29 is 18.7 Å². The highest BCUT2D eigenvalue weighted by Crippen LogP contribution is 2.21. The Hall–Kier alpha value is -1.37. The van der Waals surface area contributed by atoms with Crippen LogP contribution in [0.3, 0.4) is 0 Å². The zero-order valence-electron chi connectivity index (χ0n) is 11.7. The molecule has 0 aliphatic heterocycles. The van der Waals surface area contributed by atoms with E-state index in [2.05, 4.69) is 5.32 Å². The fourth-order valence-corrected chi connectivity index (χ4v) is 1.42. The number of carbonyl (C=O) groups is 1. The summed E-state index contributed by atoms with van der Waals surface area (Å²) in [4.78, 5) is 11.6. The van der Waals surface area contributed by atoms with E-state index in [1.54, 1.807) is 6.07 Å². The van der Waals surface area contributed by atoms with E-state index in [-0.39, 0.29) is 30.8 Å². The topological polar surface area (TPSA) is 73.6 Å². The van der Waals surface area contributed by atoms with Crippen molar-refractivity contribution in [3.63, 3.8) is 0 Å². The summed E-state index contributed by atoms with van der Waals surface area (Å²) in [6.07, 6.45) is -0.0463. The lowest BCUT2D eigenvalue weighted by molar-refractivity contribution is -0.118. The lowest BCUT2D eigenvalue weighted by Crippen LogP contribution is -2.39. The number of nitrogens with two attached hydrogens (primary N) is 1. The Balaban J connectivity index is 0.00000361. The van der Waals surface area contributed by atoms with Crippen LogP contribution in [0, 0.1) is 5.82 Å². The minimum atomic E-state index is -0.837. The maximum absolute atomic E-state index is 13.7. The van der Waals surface area contributed by atoms with Crippen molar-refractivity contribution in [2.75, 3.05) is 19.0 Å². The number of methoxy groups -OCH3 is 1. The fourth-order valence-electron chi connectivity index (χ4n) is 1.42. The second-order valence-corrected chi connectivity index (χ2v) is 4.36. The number of hydrogen-bond donors (Lipinski definition) is 2. The zero-order valence-corrected chi connectivity index (χ0v) is 12.5. The molecule has 0 spiro atoms. The summed E-state index contributed by atoms with van der Waals surface area (Å²) in [6.45, 7) is 3.76. The molecule has 114 valence electrons. The molecular formula is C13H20ClFN2O3. The van der Waals surface area contributed by atoms with Crippen LogP contribution in [0.5, 0.6) is 5.75 Å². The summed E-state index contributed by atoms with van der Waals surface area (Å²) in [5.41, 5.74) is 5.60. The molecule has 1 amide bonds. The van der Waals surface area contributed by atoms with Crippen LogP contribution in [0.15, 0.2) is 18.2 Å². The Morgan fingerprint density at radius 1 is 1.45 bits per heavy atom. The number of amides is 1. The van der Waals surface area contributed by atoms with Gasteiger partial charge in [0.2, 0.25) is 5.91 Å². The number of halogens is 2. The summed E-state index contributed by atoms with van der Waals surface area (Å²) < 4.78 is 23.8. The molecule has 0 heterocycles. The van der Waals surface area contributed by atoms with E-state index < -0.39 is 17.8 Å². The Morgan fingerprint density at radius 2 is 2.10 bits per heavy atom. The number of ether oxygens (including phenoxy) is 2. The van der Waals surface area contributed by atoms with Crippen LogP contribution in [0.2, 0.25) is 0 Å². The lowest BCUT2D eigenvalue weighted by Gasteiger charge is -2.13. The van der Waals surface area contributed by atoms with E-state index in [9.17, 15) is 9.18 Å². The van der Waals surface area contributed by atoms with Gasteiger partial charge in [-0.1, -0.05) is 0 Å². The first-order valence-electron chi connectivity index (χ1n) is 5.95. The Kier molecular flexibility index (Phi) is 8.13. The molecule has 0 saturated heterocycles. The zero-order chi connectivity index (χ0) is 14.4. The van der Waals surface area contributed by atoms with Crippen LogP contribution in [0.1, 0.15) is 13.8 Å². The van der Waals surface area contributed by atoms with Gasteiger partial charge in [-0.15, -0.1) is 12.4 Å². The van der Waals surface area contributed by atoms with Gasteiger partial charge in [0.15, 0.2) is 0 Å². The van der Waals surface area contributed by atoms with Gasteiger partial charge >= 0.3 is 0 Å². The standard InChI is InChI=1S/C13H19FN2O3.ClH/c1-8(2)19-9-4-5-12(10(14)6-9)16-13(17)11(15)7-18-3;/h4-6,8,11H,7,15H2,1-3H3,(H,16,17);1H. The molecule has 1 rings (SSSR count). The van der Waals surface area contributed by atoms with Gasteiger partial charge in [0, 0.05) is 13.2 Å². The molecule has 0 fully saturated rings. The normalized spacial score (nSPS) is 11.7. The number of hydrogen-bond acceptors (Lipinski definition) is 4. The molecule has 0 bridgehead atoms. The van der Waals surface area contributed by atoms with Crippen molar-refractivity contribution in [1.29, 1.82) is 0 Å². The van der Waals surface area contributed by atoms with Crippen molar-refractivity contribution in [1.82, 2.24) is 0 Å². The van der Waals surface area contributed by atoms with E-state index in [1.807, 2.05) is 13.8 Å². The van der Waals surface area contributed by atoms with Crippen molar-refractivity contribution in [2.45, 2.75) is 26.0 Å². The van der Waals surface area contributed by atoms with E-state index in [1.165, 1.54) is 19.2 Å². The molecule has 1 aromatic carbocycles. The number of nitrogens with one attached hydrogen (secondary N) is 1. The third-order valence-corrected chi connectivity index (χ3v) is 2.25. The first-order valence-corrected chi connectivity index (χ1v) is 5.95. The molecule has 7 heteroatoms. The molecule has 1 unspecified atom stereocenters. The quantitative estimate of drug-likeness (QED) is 0.842. The third-order valence-electron chi connectivity index (χ3n) is 2.25. The van der Waals surface area contributed by atoms with Crippen LogP contribution in [-0.4, -0.2) is 31.8 Å². The van der Waals surface area contributed by atoms with E-state index >= 15 is 0 Å². The smallest absolute Gasteiger partial charge is 0.243 e. The molecular weight excluding hydrogens is 287 g/mol. The van der Waals surface area contributed by atoms with E-state index in [4.69, 9.17) is 15.2 Å². The van der Waals surface area contributed by atoms with Crippen LogP contribution >= 0.6 is 12.4 Å². The maximum Gasteiger partial charge on any atom is 0.243 e. The van der Waals surface area contributed by atoms with Gasteiger partial charge in [-0.2, -0.15) is 0 Å². The van der Waals surface area contributed by atoms with Gasteiger partial charge in [-0.05, 0) is 26.0 Å². The second kappa shape index (κ2) is 8.73. The molecule has 0 saturated carbocycles. The van der Waals surface area contributed by atoms with Crippen LogP contribution < -0.4 is 15.8 Å². The molecule has 20 heavy (non-hydrogen) atoms. The Bertz CT molecular complexity index is 444. The molecule has 5 nitrogen and oxygen atoms in total. The molecule has 0 radical (unpaired) electrons. The largest absolute Gasteiger partial charge is 0.491 e. The summed E-state index contributed by atoms with van der Waals surface area (Å²) in [5, 5.41) is 2.40. The van der Waals surface area contributed by atoms with Crippen molar-refractivity contribution in [3.8, 4) is 5.75 Å². The minimum absolute atomic E-state index is 0. The first kappa shape index (κ1) is 18.6. The average molecular weight is 307 g/mol. The summed E-state index contributed by atoms with van der Waals surface area (Å²) in [7, 11) is 1.44. The van der Waals surface area contributed by atoms with E-state index in [0.717, 1.165) is 0 Å². The van der Waals surface area contributed by atoms with Crippen LogP contribution in [0.4, 0.5) is 10.1 Å². The van der Waals surface area contributed by atoms with E-state index in [0.29, 0.717) is 5.75 Å². The second-order valence-electron chi connectivity index (χ2n) is 4.36. The molecule has 3 N–H and O–H groups in total. The minimum Gasteiger partial charge on any atom is -0.491 e. The third kappa shape index (κ3) is 5.73. The van der Waals surface area contributed by atoms with Crippen molar-refractivity contribution in [3.05, 3.63) is 24.0 Å². The van der Waals surface area contributed by atoms with Gasteiger partial charge in [0.05, 0.1) is 18.4 Å². The molecule has 1 aromatic rings. The molecule has 0 aliphatic carbocycles. The highest BCUT2D eigenvalue weighted by Gasteiger charge is 2.15. The monoisotopic (exact) mass is 306 g/mol. The number of rotatable bonds is 6. The van der Waals surface area contributed by atoms with Gasteiger partial charge in [-0.25, -0.2) is 4.39 Å². The average Bonchev–Trinajstić information content (AvgIpc) is 2.32. The summed E-state index contributed by atoms with van der Waals surface area (Å²) in [6, 6.07) is 3.40. The summed E-state index contributed by atoms with van der Waals surface area (Å²) >= 11 is 0. The molecule has 1 atom stereocenters. The fraction of sp³-hybridized carbons (Fsp3) is 0.462. The van der Waals surface area contributed by atoms with Gasteiger partial charge in [0.1, 0.15) is 17.6 Å². The van der Waals surface area contributed by atoms with Crippen molar-refractivity contribution in [2.24, 2.45) is 5.73 Å². The predicted molar refractivity (Wildman–Crippen MR) is 77.9 cm³/mol. The van der Waals surface area contributed by atoms with Crippen molar-refractivity contribution >= 4 is 24.0 Å².